The Morgan fingerprint density at radius 1 is 0.338 bits per heavy atom. The summed E-state index contributed by atoms with van der Waals surface area (Å²) in [5.41, 5.74) is 0. The predicted molar refractivity (Wildman–Crippen MR) is 297 cm³/mol. The van der Waals surface area contributed by atoms with Gasteiger partial charge in [-0.1, -0.05) is 260 Å². The Hall–Kier alpha value is -2.92. The van der Waals surface area contributed by atoms with E-state index in [1.807, 2.05) is 0 Å². The lowest BCUT2D eigenvalue weighted by Gasteiger charge is -2.18. The van der Waals surface area contributed by atoms with Crippen molar-refractivity contribution in [2.24, 2.45) is 0 Å². The van der Waals surface area contributed by atoms with Crippen LogP contribution in [0.2, 0.25) is 0 Å². The monoisotopic (exact) mass is 947 g/mol. The molecule has 5 heteroatoms. The van der Waals surface area contributed by atoms with E-state index < -0.39 is 6.10 Å². The molecule has 0 aliphatic heterocycles. The van der Waals surface area contributed by atoms with Gasteiger partial charge in [-0.05, 0) is 89.9 Å². The minimum Gasteiger partial charge on any atom is -0.462 e. The molecule has 0 aliphatic carbocycles. The highest BCUT2D eigenvalue weighted by atomic mass is 16.6. The normalized spacial score (nSPS) is 12.8. The molecule has 68 heavy (non-hydrogen) atoms. The molecule has 0 bridgehead atoms. The number of hydrogen-bond acceptors (Lipinski definition) is 5. The summed E-state index contributed by atoms with van der Waals surface area (Å²) in [6.45, 7) is 7.59. The molecule has 0 heterocycles. The van der Waals surface area contributed by atoms with Gasteiger partial charge in [-0.3, -0.25) is 9.59 Å². The summed E-state index contributed by atoms with van der Waals surface area (Å²) in [7, 11) is 0. The van der Waals surface area contributed by atoms with Gasteiger partial charge >= 0.3 is 11.9 Å². The molecule has 0 aromatic carbocycles. The van der Waals surface area contributed by atoms with Gasteiger partial charge in [0, 0.05) is 19.4 Å². The van der Waals surface area contributed by atoms with Crippen molar-refractivity contribution >= 4 is 11.9 Å². The maximum atomic E-state index is 12.9. The Kier molecular flexibility index (Phi) is 55.9. The molecule has 0 radical (unpaired) electrons. The molecule has 0 N–H and O–H groups in total. The van der Waals surface area contributed by atoms with Gasteiger partial charge in [0.15, 0.2) is 6.10 Å². The number of allylic oxidation sites excluding steroid dienone is 14. The lowest BCUT2D eigenvalue weighted by atomic mass is 10.0. The second-order valence-electron chi connectivity index (χ2n) is 19.1. The van der Waals surface area contributed by atoms with E-state index in [-0.39, 0.29) is 25.2 Å². The van der Waals surface area contributed by atoms with Crippen molar-refractivity contribution in [2.75, 3.05) is 19.8 Å². The fourth-order valence-electron chi connectivity index (χ4n) is 8.16. The number of esters is 2. The Morgan fingerprint density at radius 2 is 0.662 bits per heavy atom. The van der Waals surface area contributed by atoms with Crippen LogP contribution in [0.4, 0.5) is 0 Å². The third-order valence-corrected chi connectivity index (χ3v) is 12.4. The van der Waals surface area contributed by atoms with Crippen LogP contribution in [0.5, 0.6) is 0 Å². The average molecular weight is 948 g/mol. The summed E-state index contributed by atoms with van der Waals surface area (Å²) in [5, 5.41) is 0. The van der Waals surface area contributed by atoms with Crippen molar-refractivity contribution in [3.63, 3.8) is 0 Å². The Labute approximate surface area is 422 Å². The molecule has 0 fully saturated rings. The molecular weight excluding hydrogens is 837 g/mol. The average Bonchev–Trinajstić information content (AvgIpc) is 3.34. The van der Waals surface area contributed by atoms with E-state index in [9.17, 15) is 9.59 Å². The molecule has 0 aromatic heterocycles. The molecule has 0 aliphatic rings. The smallest absolute Gasteiger partial charge is 0.306 e. The fraction of sp³-hybridized carbons (Fsp3) is 0.746. The second kappa shape index (κ2) is 58.4. The number of rotatable bonds is 53. The Balaban J connectivity index is 4.32. The summed E-state index contributed by atoms with van der Waals surface area (Å²) in [4.78, 5) is 25.5. The third kappa shape index (κ3) is 55.7. The number of carbonyl (C=O) groups is 2. The molecular formula is C63H110O5. The van der Waals surface area contributed by atoms with Gasteiger partial charge in [0.1, 0.15) is 6.61 Å². The number of unbranched alkanes of at least 4 members (excludes halogenated alkanes) is 28. The first-order valence-electron chi connectivity index (χ1n) is 29.1. The van der Waals surface area contributed by atoms with Crippen LogP contribution in [0.15, 0.2) is 85.1 Å². The quantitative estimate of drug-likeness (QED) is 0.0345. The van der Waals surface area contributed by atoms with E-state index in [1.165, 1.54) is 141 Å². The molecule has 0 amide bonds. The first-order valence-corrected chi connectivity index (χ1v) is 29.1. The van der Waals surface area contributed by atoms with Crippen LogP contribution in [0.3, 0.4) is 0 Å². The largest absolute Gasteiger partial charge is 0.462 e. The highest BCUT2D eigenvalue weighted by Crippen LogP contribution is 2.16. The molecule has 0 spiro atoms. The van der Waals surface area contributed by atoms with Crippen molar-refractivity contribution in [3.05, 3.63) is 85.1 Å². The first kappa shape index (κ1) is 65.1. The van der Waals surface area contributed by atoms with Crippen LogP contribution < -0.4 is 0 Å². The van der Waals surface area contributed by atoms with Crippen molar-refractivity contribution in [1.82, 2.24) is 0 Å². The molecule has 1 unspecified atom stereocenters. The predicted octanol–water partition coefficient (Wildman–Crippen LogP) is 20.0. The summed E-state index contributed by atoms with van der Waals surface area (Å²) < 4.78 is 17.5. The van der Waals surface area contributed by atoms with Crippen LogP contribution in [0.25, 0.3) is 0 Å². The standard InChI is InChI=1S/C63H110O5/c1-4-7-10-13-16-19-22-25-28-31-34-37-40-43-46-49-52-55-58-66-59-61(68-63(65)57-54-51-48-45-42-39-36-33-30-27-24-21-18-15-12-9-6-3)60-67-62(64)56-53-50-47-44-41-38-35-32-29-26-23-20-17-14-11-8-5-2/h7-8,10-11,16-17,19-20,25-26,28-29,34,37,61H,4-6,9,12-15,18,21-24,27,30-33,35-36,38-60H2,1-3H3/b10-7-,11-8-,19-16-,20-17-,28-25-,29-26-,37-34-. The van der Waals surface area contributed by atoms with Crippen LogP contribution in [0.1, 0.15) is 278 Å². The zero-order valence-electron chi connectivity index (χ0n) is 45.1. The molecule has 0 aromatic rings. The first-order chi connectivity index (χ1) is 33.6. The van der Waals surface area contributed by atoms with Crippen LogP contribution in [-0.4, -0.2) is 37.9 Å². The summed E-state index contributed by atoms with van der Waals surface area (Å²) >= 11 is 0. The maximum absolute atomic E-state index is 12.9. The van der Waals surface area contributed by atoms with Crippen LogP contribution in [-0.2, 0) is 23.8 Å². The molecule has 0 saturated carbocycles. The van der Waals surface area contributed by atoms with Crippen LogP contribution >= 0.6 is 0 Å². The van der Waals surface area contributed by atoms with Gasteiger partial charge < -0.3 is 14.2 Å². The zero-order valence-corrected chi connectivity index (χ0v) is 45.1. The lowest BCUT2D eigenvalue weighted by molar-refractivity contribution is -0.163. The van der Waals surface area contributed by atoms with Gasteiger partial charge in [-0.2, -0.15) is 0 Å². The summed E-state index contributed by atoms with van der Waals surface area (Å²) in [6, 6.07) is 0. The van der Waals surface area contributed by atoms with E-state index in [2.05, 4.69) is 106 Å². The van der Waals surface area contributed by atoms with Gasteiger partial charge in [0.05, 0.1) is 6.61 Å². The summed E-state index contributed by atoms with van der Waals surface area (Å²) in [6.07, 6.45) is 77.5. The molecule has 0 rings (SSSR count). The summed E-state index contributed by atoms with van der Waals surface area (Å²) in [5.74, 6) is -0.411. The van der Waals surface area contributed by atoms with Crippen molar-refractivity contribution in [3.8, 4) is 0 Å². The molecule has 392 valence electrons. The highest BCUT2D eigenvalue weighted by Gasteiger charge is 2.17. The number of hydrogen-bond donors (Lipinski definition) is 0. The second-order valence-corrected chi connectivity index (χ2v) is 19.1. The van der Waals surface area contributed by atoms with E-state index in [0.717, 1.165) is 103 Å². The van der Waals surface area contributed by atoms with Gasteiger partial charge in [-0.15, -0.1) is 0 Å². The molecule has 5 nitrogen and oxygen atoms in total. The van der Waals surface area contributed by atoms with E-state index in [1.54, 1.807) is 0 Å². The topological polar surface area (TPSA) is 61.8 Å². The lowest BCUT2D eigenvalue weighted by Crippen LogP contribution is -2.30. The number of ether oxygens (including phenoxy) is 3. The maximum Gasteiger partial charge on any atom is 0.306 e. The van der Waals surface area contributed by atoms with Gasteiger partial charge in [0.25, 0.3) is 0 Å². The molecule has 1 atom stereocenters. The Bertz CT molecular complexity index is 1250. The minimum absolute atomic E-state index is 0.0714. The van der Waals surface area contributed by atoms with Crippen LogP contribution in [0, 0.1) is 0 Å². The molecule has 0 saturated heterocycles. The van der Waals surface area contributed by atoms with E-state index >= 15 is 0 Å². The zero-order chi connectivity index (χ0) is 49.2. The minimum atomic E-state index is -0.553. The van der Waals surface area contributed by atoms with Crippen molar-refractivity contribution in [2.45, 2.75) is 284 Å². The Morgan fingerprint density at radius 3 is 1.06 bits per heavy atom. The SMILES string of the molecule is CC/C=C\C/C=C\C/C=C\C/C=C\CCCCCCCOCC(COC(=O)CCCCCCCCC/C=C\C/C=C\C/C=C\CC)OC(=O)CCCCCCCCCCCCCCCCCCC. The highest BCUT2D eigenvalue weighted by molar-refractivity contribution is 5.70. The number of carbonyl (C=O) groups excluding carboxylic acids is 2. The third-order valence-electron chi connectivity index (χ3n) is 12.4. The van der Waals surface area contributed by atoms with Gasteiger partial charge in [-0.25, -0.2) is 0 Å². The van der Waals surface area contributed by atoms with Crippen molar-refractivity contribution in [1.29, 1.82) is 0 Å². The van der Waals surface area contributed by atoms with Gasteiger partial charge in [0.2, 0.25) is 0 Å². The van der Waals surface area contributed by atoms with E-state index in [4.69, 9.17) is 14.2 Å². The van der Waals surface area contributed by atoms with E-state index in [0.29, 0.717) is 19.4 Å². The van der Waals surface area contributed by atoms with Crippen molar-refractivity contribution < 1.29 is 23.8 Å². The fourth-order valence-corrected chi connectivity index (χ4v) is 8.16.